The highest BCUT2D eigenvalue weighted by Crippen LogP contribution is 2.37. The monoisotopic (exact) mass is 291 g/mol. The number of para-hydroxylation sites is 1. The highest BCUT2D eigenvalue weighted by atomic mass is 35.5. The lowest BCUT2D eigenvalue weighted by atomic mass is 9.79. The van der Waals surface area contributed by atoms with E-state index in [2.05, 4.69) is 20.8 Å². The van der Waals surface area contributed by atoms with Crippen LogP contribution in [-0.4, -0.2) is 10.5 Å². The Kier molecular flexibility index (Phi) is 4.24. The van der Waals surface area contributed by atoms with Crippen LogP contribution < -0.4 is 0 Å². The average molecular weight is 292 g/mol. The largest absolute Gasteiger partial charge is 0.273 e. The number of nitrogens with zero attached hydrogens (tertiary/aromatic N) is 1. The topological polar surface area (TPSA) is 22.0 Å². The summed E-state index contributed by atoms with van der Waals surface area (Å²) in [5.41, 5.74) is 1.57. The standard InChI is InChI=1S/C17H22ClNO/c1-5-17(6-2,7-3)16(20)19-14-11-9-8-10-13(14)12(4)15(19)18/h8-11H,5-7H2,1-4H3. The van der Waals surface area contributed by atoms with Crippen LogP contribution in [0.2, 0.25) is 5.15 Å². The summed E-state index contributed by atoms with van der Waals surface area (Å²) < 4.78 is 1.71. The molecule has 108 valence electrons. The lowest BCUT2D eigenvalue weighted by molar-refractivity contribution is 0.0675. The Morgan fingerprint density at radius 2 is 1.70 bits per heavy atom. The summed E-state index contributed by atoms with van der Waals surface area (Å²) >= 11 is 6.45. The van der Waals surface area contributed by atoms with Gasteiger partial charge in [0.05, 0.1) is 5.52 Å². The summed E-state index contributed by atoms with van der Waals surface area (Å²) in [5.74, 6) is 0.124. The van der Waals surface area contributed by atoms with Gasteiger partial charge in [-0.1, -0.05) is 50.6 Å². The average Bonchev–Trinajstić information content (AvgIpc) is 2.74. The number of benzene rings is 1. The third-order valence-electron chi connectivity index (χ3n) is 4.74. The molecular formula is C17H22ClNO. The number of carbonyl (C=O) groups is 1. The van der Waals surface area contributed by atoms with Crippen LogP contribution in [-0.2, 0) is 0 Å². The molecule has 0 saturated carbocycles. The smallest absolute Gasteiger partial charge is 0.238 e. The first-order valence-electron chi connectivity index (χ1n) is 7.32. The van der Waals surface area contributed by atoms with Crippen molar-refractivity contribution >= 4 is 28.4 Å². The van der Waals surface area contributed by atoms with Crippen molar-refractivity contribution in [3.05, 3.63) is 35.0 Å². The molecule has 0 aliphatic heterocycles. The van der Waals surface area contributed by atoms with E-state index in [4.69, 9.17) is 11.6 Å². The molecule has 0 aliphatic rings. The summed E-state index contributed by atoms with van der Waals surface area (Å²) in [4.78, 5) is 13.1. The lowest BCUT2D eigenvalue weighted by Crippen LogP contribution is -2.33. The van der Waals surface area contributed by atoms with Crippen molar-refractivity contribution in [3.8, 4) is 0 Å². The van der Waals surface area contributed by atoms with E-state index in [0.29, 0.717) is 5.15 Å². The fourth-order valence-corrected chi connectivity index (χ4v) is 3.28. The van der Waals surface area contributed by atoms with E-state index >= 15 is 0 Å². The molecule has 0 radical (unpaired) electrons. The Hall–Kier alpha value is -1.28. The minimum Gasteiger partial charge on any atom is -0.273 e. The van der Waals surface area contributed by atoms with E-state index in [-0.39, 0.29) is 11.3 Å². The molecule has 0 bridgehead atoms. The van der Waals surface area contributed by atoms with Crippen molar-refractivity contribution < 1.29 is 4.79 Å². The second-order valence-corrected chi connectivity index (χ2v) is 5.77. The Morgan fingerprint density at radius 3 is 2.25 bits per heavy atom. The molecule has 2 rings (SSSR count). The summed E-state index contributed by atoms with van der Waals surface area (Å²) in [6.07, 6.45) is 2.50. The minimum absolute atomic E-state index is 0.124. The Labute approximate surface area is 125 Å². The van der Waals surface area contributed by atoms with Gasteiger partial charge < -0.3 is 0 Å². The number of hydrogen-bond acceptors (Lipinski definition) is 1. The molecule has 0 N–H and O–H groups in total. The van der Waals surface area contributed by atoms with Gasteiger partial charge in [-0.3, -0.25) is 9.36 Å². The van der Waals surface area contributed by atoms with Crippen molar-refractivity contribution in [2.75, 3.05) is 0 Å². The molecule has 1 heterocycles. The van der Waals surface area contributed by atoms with E-state index in [1.165, 1.54) is 0 Å². The second kappa shape index (κ2) is 5.61. The SMILES string of the molecule is CCC(CC)(CC)C(=O)n1c(Cl)c(C)c2ccccc21. The maximum absolute atomic E-state index is 13.1. The predicted molar refractivity (Wildman–Crippen MR) is 85.6 cm³/mol. The van der Waals surface area contributed by atoms with E-state index in [9.17, 15) is 4.79 Å². The number of carbonyl (C=O) groups excluding carboxylic acids is 1. The molecular weight excluding hydrogens is 270 g/mol. The summed E-state index contributed by atoms with van der Waals surface area (Å²) in [6.45, 7) is 8.21. The Morgan fingerprint density at radius 1 is 1.15 bits per heavy atom. The maximum Gasteiger partial charge on any atom is 0.238 e. The molecule has 1 aromatic heterocycles. The van der Waals surface area contributed by atoms with Gasteiger partial charge in [-0.15, -0.1) is 0 Å². The third-order valence-corrected chi connectivity index (χ3v) is 5.19. The van der Waals surface area contributed by atoms with Crippen molar-refractivity contribution in [3.63, 3.8) is 0 Å². The predicted octanol–water partition coefficient (Wildman–Crippen LogP) is 5.46. The van der Waals surface area contributed by atoms with Crippen LogP contribution >= 0.6 is 11.6 Å². The van der Waals surface area contributed by atoms with Gasteiger partial charge in [-0.05, 0) is 37.8 Å². The van der Waals surface area contributed by atoms with Crippen LogP contribution in [0.3, 0.4) is 0 Å². The molecule has 1 aromatic carbocycles. The minimum atomic E-state index is -0.322. The molecule has 0 unspecified atom stereocenters. The zero-order valence-corrected chi connectivity index (χ0v) is 13.4. The van der Waals surface area contributed by atoms with Crippen LogP contribution in [0.5, 0.6) is 0 Å². The fraction of sp³-hybridized carbons (Fsp3) is 0.471. The highest BCUT2D eigenvalue weighted by molar-refractivity contribution is 6.33. The summed E-state index contributed by atoms with van der Waals surface area (Å²) in [7, 11) is 0. The molecule has 2 aromatic rings. The number of rotatable bonds is 4. The third kappa shape index (κ3) is 2.07. The van der Waals surface area contributed by atoms with Crippen molar-refractivity contribution in [1.82, 2.24) is 4.57 Å². The molecule has 3 heteroatoms. The lowest BCUT2D eigenvalue weighted by Gasteiger charge is -2.29. The van der Waals surface area contributed by atoms with Gasteiger partial charge >= 0.3 is 0 Å². The van der Waals surface area contributed by atoms with Crippen molar-refractivity contribution in [2.24, 2.45) is 5.41 Å². The molecule has 0 atom stereocenters. The van der Waals surface area contributed by atoms with Crippen molar-refractivity contribution in [2.45, 2.75) is 47.0 Å². The van der Waals surface area contributed by atoms with Gasteiger partial charge in [0.1, 0.15) is 5.15 Å². The molecule has 0 saturated heterocycles. The molecule has 0 spiro atoms. The molecule has 20 heavy (non-hydrogen) atoms. The highest BCUT2D eigenvalue weighted by Gasteiger charge is 2.36. The number of halogens is 1. The number of hydrogen-bond donors (Lipinski definition) is 0. The zero-order chi connectivity index (χ0) is 14.9. The van der Waals surface area contributed by atoms with E-state index in [1.54, 1.807) is 4.57 Å². The Balaban J connectivity index is 2.69. The Bertz CT molecular complexity index is 629. The fourth-order valence-electron chi connectivity index (χ4n) is 3.01. The molecule has 0 aliphatic carbocycles. The first-order valence-corrected chi connectivity index (χ1v) is 7.70. The normalized spacial score (nSPS) is 12.1. The molecule has 2 nitrogen and oxygen atoms in total. The quantitative estimate of drug-likeness (QED) is 0.733. The van der Waals surface area contributed by atoms with E-state index in [0.717, 1.165) is 35.7 Å². The molecule has 0 fully saturated rings. The van der Waals surface area contributed by atoms with Gasteiger partial charge in [0.2, 0.25) is 5.91 Å². The van der Waals surface area contributed by atoms with Crippen LogP contribution in [0.1, 0.15) is 50.4 Å². The van der Waals surface area contributed by atoms with Crippen LogP contribution in [0.15, 0.2) is 24.3 Å². The van der Waals surface area contributed by atoms with Crippen LogP contribution in [0, 0.1) is 12.3 Å². The van der Waals surface area contributed by atoms with Crippen molar-refractivity contribution in [1.29, 1.82) is 0 Å². The van der Waals surface area contributed by atoms with Gasteiger partial charge in [-0.25, -0.2) is 0 Å². The van der Waals surface area contributed by atoms with Gasteiger partial charge in [0.25, 0.3) is 0 Å². The zero-order valence-electron chi connectivity index (χ0n) is 12.7. The van der Waals surface area contributed by atoms with Gasteiger partial charge in [0, 0.05) is 10.8 Å². The first kappa shape index (κ1) is 15.1. The van der Waals surface area contributed by atoms with Gasteiger partial charge in [0.15, 0.2) is 0 Å². The number of fused-ring (bicyclic) bond motifs is 1. The number of aromatic nitrogens is 1. The van der Waals surface area contributed by atoms with Gasteiger partial charge in [-0.2, -0.15) is 0 Å². The maximum atomic E-state index is 13.1. The first-order chi connectivity index (χ1) is 9.52. The summed E-state index contributed by atoms with van der Waals surface area (Å²) in [6, 6.07) is 7.92. The summed E-state index contributed by atoms with van der Waals surface area (Å²) in [5, 5.41) is 1.61. The van der Waals surface area contributed by atoms with E-state index < -0.39 is 0 Å². The second-order valence-electron chi connectivity index (χ2n) is 5.41. The van der Waals surface area contributed by atoms with Crippen LogP contribution in [0.4, 0.5) is 0 Å². The van der Waals surface area contributed by atoms with E-state index in [1.807, 2.05) is 31.2 Å². The number of aryl methyl sites for hydroxylation is 1. The molecule has 0 amide bonds. The van der Waals surface area contributed by atoms with Crippen LogP contribution in [0.25, 0.3) is 10.9 Å².